The van der Waals surface area contributed by atoms with Crippen LogP contribution in [-0.4, -0.2) is 15.0 Å². The summed E-state index contributed by atoms with van der Waals surface area (Å²) in [6, 6.07) is 4.06. The molecule has 2 aromatic heterocycles. The molecule has 6 heteroatoms. The summed E-state index contributed by atoms with van der Waals surface area (Å²) >= 11 is 0. The number of nitrogens with zero attached hydrogens (tertiary/aromatic N) is 3. The van der Waals surface area contributed by atoms with Crippen LogP contribution in [0.1, 0.15) is 36.5 Å². The molecule has 21 heavy (non-hydrogen) atoms. The van der Waals surface area contributed by atoms with Gasteiger partial charge < -0.3 is 10.7 Å². The average Bonchev–Trinajstić information content (AvgIpc) is 2.54. The van der Waals surface area contributed by atoms with Gasteiger partial charge in [0.05, 0.1) is 12.2 Å². The molecule has 0 saturated carbocycles. The monoisotopic (exact) mass is 286 g/mol. The zero-order valence-corrected chi connectivity index (χ0v) is 12.8. The Morgan fingerprint density at radius 1 is 1.14 bits per heavy atom. The fourth-order valence-electron chi connectivity index (χ4n) is 2.15. The summed E-state index contributed by atoms with van der Waals surface area (Å²) in [4.78, 5) is 13.3. The number of hydrogen-bond acceptors (Lipinski definition) is 6. The van der Waals surface area contributed by atoms with Gasteiger partial charge in [0.1, 0.15) is 17.5 Å². The lowest BCUT2D eigenvalue weighted by atomic mass is 10.1. The van der Waals surface area contributed by atoms with E-state index >= 15 is 0 Å². The maximum atomic E-state index is 5.52. The first-order chi connectivity index (χ1) is 10.2. The first-order valence-corrected chi connectivity index (χ1v) is 7.20. The van der Waals surface area contributed by atoms with E-state index in [0.29, 0.717) is 12.4 Å². The third-order valence-corrected chi connectivity index (χ3v) is 3.43. The van der Waals surface area contributed by atoms with Crippen LogP contribution in [0.15, 0.2) is 18.3 Å². The number of nitrogens with two attached hydrogens (primary N) is 1. The van der Waals surface area contributed by atoms with Gasteiger partial charge >= 0.3 is 0 Å². The molecule has 4 N–H and O–H groups in total. The number of hydrazine groups is 1. The molecule has 2 aromatic rings. The molecule has 2 heterocycles. The van der Waals surface area contributed by atoms with Gasteiger partial charge in [-0.05, 0) is 25.0 Å². The van der Waals surface area contributed by atoms with Crippen LogP contribution < -0.4 is 16.6 Å². The number of aryl methyl sites for hydroxylation is 2. The normalized spacial score (nSPS) is 10.5. The van der Waals surface area contributed by atoms with Crippen molar-refractivity contribution >= 4 is 11.6 Å². The van der Waals surface area contributed by atoms with Crippen LogP contribution in [0, 0.1) is 6.92 Å². The molecule has 0 aromatic carbocycles. The standard InChI is InChI=1S/C15H22N6/c1-4-11-7-6-8-17-12(11)9-18-14-10(3)15(21-16)20-13(5-2)19-14/h6-8H,4-5,9,16H2,1-3H3,(H2,18,19,20,21). The van der Waals surface area contributed by atoms with Gasteiger partial charge in [-0.1, -0.05) is 19.9 Å². The highest BCUT2D eigenvalue weighted by molar-refractivity contribution is 5.56. The maximum absolute atomic E-state index is 5.52. The Hall–Kier alpha value is -2.21. The molecular formula is C15H22N6. The van der Waals surface area contributed by atoms with E-state index in [1.807, 2.05) is 26.1 Å². The molecule has 0 aliphatic carbocycles. The topological polar surface area (TPSA) is 88.8 Å². The van der Waals surface area contributed by atoms with Gasteiger partial charge in [0.25, 0.3) is 0 Å². The molecule has 2 rings (SSSR count). The lowest BCUT2D eigenvalue weighted by Gasteiger charge is -2.14. The zero-order chi connectivity index (χ0) is 15.2. The van der Waals surface area contributed by atoms with Crippen molar-refractivity contribution in [2.45, 2.75) is 40.2 Å². The van der Waals surface area contributed by atoms with Crippen LogP contribution in [0.5, 0.6) is 0 Å². The molecular weight excluding hydrogens is 264 g/mol. The minimum atomic E-state index is 0.634. The van der Waals surface area contributed by atoms with Crippen molar-refractivity contribution in [2.75, 3.05) is 10.7 Å². The fourth-order valence-corrected chi connectivity index (χ4v) is 2.15. The summed E-state index contributed by atoms with van der Waals surface area (Å²) in [5.41, 5.74) is 5.81. The summed E-state index contributed by atoms with van der Waals surface area (Å²) in [6.07, 6.45) is 3.53. The van der Waals surface area contributed by atoms with Crippen molar-refractivity contribution in [3.8, 4) is 0 Å². The van der Waals surface area contributed by atoms with Gasteiger partial charge in [0.2, 0.25) is 0 Å². The van der Waals surface area contributed by atoms with Crippen molar-refractivity contribution in [3.05, 3.63) is 41.0 Å². The summed E-state index contributed by atoms with van der Waals surface area (Å²) in [7, 11) is 0. The maximum Gasteiger partial charge on any atom is 0.148 e. The predicted octanol–water partition coefficient (Wildman–Crippen LogP) is 2.20. The van der Waals surface area contributed by atoms with Gasteiger partial charge in [-0.2, -0.15) is 0 Å². The van der Waals surface area contributed by atoms with Crippen LogP contribution in [0.4, 0.5) is 11.6 Å². The van der Waals surface area contributed by atoms with Crippen molar-refractivity contribution in [2.24, 2.45) is 5.84 Å². The molecule has 6 nitrogen and oxygen atoms in total. The second-order valence-electron chi connectivity index (χ2n) is 4.78. The second kappa shape index (κ2) is 6.99. The van der Waals surface area contributed by atoms with E-state index in [1.165, 1.54) is 5.56 Å². The Kier molecular flexibility index (Phi) is 5.05. The van der Waals surface area contributed by atoms with E-state index in [4.69, 9.17) is 5.84 Å². The SMILES string of the molecule is CCc1nc(NN)c(C)c(NCc2ncccc2CC)n1. The zero-order valence-electron chi connectivity index (χ0n) is 12.8. The van der Waals surface area contributed by atoms with E-state index in [-0.39, 0.29) is 0 Å². The molecule has 0 bridgehead atoms. The Labute approximate surface area is 125 Å². The van der Waals surface area contributed by atoms with Crippen LogP contribution in [0.2, 0.25) is 0 Å². The molecule has 0 aliphatic rings. The number of pyridine rings is 1. The van der Waals surface area contributed by atoms with Crippen LogP contribution in [0.3, 0.4) is 0 Å². The molecule has 0 spiro atoms. The van der Waals surface area contributed by atoms with Gasteiger partial charge in [0.15, 0.2) is 0 Å². The Morgan fingerprint density at radius 3 is 2.57 bits per heavy atom. The highest BCUT2D eigenvalue weighted by Crippen LogP contribution is 2.20. The highest BCUT2D eigenvalue weighted by atomic mass is 15.3. The lowest BCUT2D eigenvalue weighted by Crippen LogP contribution is -2.15. The smallest absolute Gasteiger partial charge is 0.148 e. The molecule has 0 unspecified atom stereocenters. The summed E-state index contributed by atoms with van der Waals surface area (Å²) < 4.78 is 0. The Bertz CT molecular complexity index is 611. The van der Waals surface area contributed by atoms with E-state index in [1.54, 1.807) is 0 Å². The van der Waals surface area contributed by atoms with Gasteiger partial charge in [0, 0.05) is 18.2 Å². The summed E-state index contributed by atoms with van der Waals surface area (Å²) in [6.45, 7) is 6.72. The molecule has 0 atom stereocenters. The van der Waals surface area contributed by atoms with Crippen LogP contribution in [0.25, 0.3) is 0 Å². The second-order valence-corrected chi connectivity index (χ2v) is 4.78. The van der Waals surface area contributed by atoms with E-state index in [9.17, 15) is 0 Å². The van der Waals surface area contributed by atoms with Crippen molar-refractivity contribution < 1.29 is 0 Å². The summed E-state index contributed by atoms with van der Waals surface area (Å²) in [5, 5.41) is 3.34. The highest BCUT2D eigenvalue weighted by Gasteiger charge is 2.10. The molecule has 0 fully saturated rings. The number of anilines is 2. The number of aromatic nitrogens is 3. The van der Waals surface area contributed by atoms with E-state index in [2.05, 4.69) is 38.7 Å². The summed E-state index contributed by atoms with van der Waals surface area (Å²) in [5.74, 6) is 7.72. The van der Waals surface area contributed by atoms with Gasteiger partial charge in [-0.25, -0.2) is 15.8 Å². The molecule has 0 saturated heterocycles. The first kappa shape index (κ1) is 15.2. The third kappa shape index (κ3) is 3.46. The third-order valence-electron chi connectivity index (χ3n) is 3.43. The van der Waals surface area contributed by atoms with Gasteiger partial charge in [-0.3, -0.25) is 4.98 Å². The molecule has 0 amide bonds. The van der Waals surface area contributed by atoms with Crippen molar-refractivity contribution in [3.63, 3.8) is 0 Å². The minimum absolute atomic E-state index is 0.634. The minimum Gasteiger partial charge on any atom is -0.364 e. The first-order valence-electron chi connectivity index (χ1n) is 7.20. The number of rotatable bonds is 6. The average molecular weight is 286 g/mol. The van der Waals surface area contributed by atoms with Gasteiger partial charge in [-0.15, -0.1) is 0 Å². The quantitative estimate of drug-likeness (QED) is 0.557. The van der Waals surface area contributed by atoms with Crippen molar-refractivity contribution in [1.29, 1.82) is 0 Å². The molecule has 0 radical (unpaired) electrons. The van der Waals surface area contributed by atoms with Crippen LogP contribution in [-0.2, 0) is 19.4 Å². The predicted molar refractivity (Wildman–Crippen MR) is 84.9 cm³/mol. The largest absolute Gasteiger partial charge is 0.364 e. The Morgan fingerprint density at radius 2 is 1.90 bits per heavy atom. The van der Waals surface area contributed by atoms with Crippen molar-refractivity contribution in [1.82, 2.24) is 15.0 Å². The number of nitrogens with one attached hydrogen (secondary N) is 2. The lowest BCUT2D eigenvalue weighted by molar-refractivity contribution is 0.909. The Balaban J connectivity index is 2.23. The number of hydrogen-bond donors (Lipinski definition) is 3. The van der Waals surface area contributed by atoms with E-state index < -0.39 is 0 Å². The van der Waals surface area contributed by atoms with E-state index in [0.717, 1.165) is 35.7 Å². The number of nitrogen functional groups attached to an aromatic ring is 1. The van der Waals surface area contributed by atoms with Crippen LogP contribution >= 0.6 is 0 Å². The molecule has 112 valence electrons. The fraction of sp³-hybridized carbons (Fsp3) is 0.400. The molecule has 0 aliphatic heterocycles.